The molecule has 7 nitrogen and oxygen atoms in total. The summed E-state index contributed by atoms with van der Waals surface area (Å²) in [6.45, 7) is 5.79. The average Bonchev–Trinajstić information content (AvgIpc) is 3.01. The Bertz CT molecular complexity index is 1060. The molecule has 0 unspecified atom stereocenters. The third-order valence-electron chi connectivity index (χ3n) is 4.17. The summed E-state index contributed by atoms with van der Waals surface area (Å²) in [6, 6.07) is 11.5. The quantitative estimate of drug-likeness (QED) is 0.492. The van der Waals surface area contributed by atoms with Gasteiger partial charge in [-0.3, -0.25) is 4.79 Å². The van der Waals surface area contributed by atoms with Crippen LogP contribution in [-0.2, 0) is 9.53 Å². The molecule has 8 heteroatoms. The molecular weight excluding hydrogens is 448 g/mol. The largest absolute Gasteiger partial charge is 0.444 e. The lowest BCUT2D eigenvalue weighted by Gasteiger charge is -2.19. The highest BCUT2D eigenvalue weighted by atomic mass is 79.9. The van der Waals surface area contributed by atoms with Crippen LogP contribution in [0.2, 0.25) is 0 Å². The fraction of sp³-hybridized carbons (Fsp3) is 0.318. The fourth-order valence-corrected chi connectivity index (χ4v) is 3.44. The van der Waals surface area contributed by atoms with Crippen LogP contribution in [0.1, 0.15) is 33.6 Å². The van der Waals surface area contributed by atoms with Gasteiger partial charge in [-0.2, -0.15) is 0 Å². The summed E-state index contributed by atoms with van der Waals surface area (Å²) in [7, 11) is 0. The standard InChI is InChI=1S/C22H25BrN4O3/c1-22(2,3)30-21(29)25-12-6-10-19(28)26-15-7-4-8-16(13-15)27-14-18(23)17-9-5-11-24-20(17)27/h4-5,7-9,11,13-14H,6,10,12H2,1-3H3,(H,25,29)(H,26,28). The third-order valence-corrected chi connectivity index (χ3v) is 4.80. The molecule has 0 aliphatic carbocycles. The van der Waals surface area contributed by atoms with Gasteiger partial charge in [-0.05, 0) is 73.5 Å². The van der Waals surface area contributed by atoms with Crippen LogP contribution >= 0.6 is 15.9 Å². The number of carbonyl (C=O) groups excluding carboxylic acids is 2. The van der Waals surface area contributed by atoms with E-state index in [0.29, 0.717) is 25.1 Å². The second-order valence-corrected chi connectivity index (χ2v) is 8.71. The average molecular weight is 473 g/mol. The molecule has 0 saturated heterocycles. The lowest BCUT2D eigenvalue weighted by atomic mass is 10.2. The van der Waals surface area contributed by atoms with Gasteiger partial charge in [0.2, 0.25) is 5.91 Å². The topological polar surface area (TPSA) is 85.2 Å². The highest BCUT2D eigenvalue weighted by Crippen LogP contribution is 2.28. The van der Waals surface area contributed by atoms with E-state index in [0.717, 1.165) is 21.2 Å². The maximum Gasteiger partial charge on any atom is 0.407 e. The van der Waals surface area contributed by atoms with Crippen molar-refractivity contribution >= 4 is 44.7 Å². The molecule has 158 valence electrons. The van der Waals surface area contributed by atoms with Gasteiger partial charge in [-0.1, -0.05) is 6.07 Å². The van der Waals surface area contributed by atoms with Crippen LogP contribution in [0.3, 0.4) is 0 Å². The van der Waals surface area contributed by atoms with Gasteiger partial charge in [0.1, 0.15) is 11.2 Å². The van der Waals surface area contributed by atoms with Crippen molar-refractivity contribution in [1.82, 2.24) is 14.9 Å². The molecule has 0 radical (unpaired) electrons. The minimum atomic E-state index is -0.539. The van der Waals surface area contributed by atoms with Gasteiger partial charge in [-0.25, -0.2) is 9.78 Å². The normalized spacial score (nSPS) is 11.3. The Morgan fingerprint density at radius 3 is 2.77 bits per heavy atom. The van der Waals surface area contributed by atoms with Gasteiger partial charge in [0.25, 0.3) is 0 Å². The van der Waals surface area contributed by atoms with Crippen LogP contribution in [0.4, 0.5) is 10.5 Å². The molecular formula is C22H25BrN4O3. The molecule has 3 rings (SSSR count). The zero-order chi connectivity index (χ0) is 21.7. The number of fused-ring (bicyclic) bond motifs is 1. The number of ether oxygens (including phenoxy) is 1. The summed E-state index contributed by atoms with van der Waals surface area (Å²) >= 11 is 3.57. The smallest absolute Gasteiger partial charge is 0.407 e. The molecule has 3 aromatic rings. The molecule has 0 saturated carbocycles. The Labute approximate surface area is 183 Å². The summed E-state index contributed by atoms with van der Waals surface area (Å²) in [4.78, 5) is 28.3. The molecule has 0 spiro atoms. The van der Waals surface area contributed by atoms with Crippen LogP contribution in [-0.4, -0.2) is 33.7 Å². The van der Waals surface area contributed by atoms with Crippen LogP contribution in [0.25, 0.3) is 16.7 Å². The first-order chi connectivity index (χ1) is 14.2. The number of aromatic nitrogens is 2. The van der Waals surface area contributed by atoms with E-state index < -0.39 is 11.7 Å². The SMILES string of the molecule is CC(C)(C)OC(=O)NCCCC(=O)Nc1cccc(-n2cc(Br)c3cccnc32)c1. The summed E-state index contributed by atoms with van der Waals surface area (Å²) in [6.07, 6.45) is 4.04. The van der Waals surface area contributed by atoms with Gasteiger partial charge >= 0.3 is 6.09 Å². The van der Waals surface area contributed by atoms with E-state index in [2.05, 4.69) is 31.5 Å². The lowest BCUT2D eigenvalue weighted by molar-refractivity contribution is -0.116. The Morgan fingerprint density at radius 2 is 2.00 bits per heavy atom. The highest BCUT2D eigenvalue weighted by Gasteiger charge is 2.15. The molecule has 0 aliphatic heterocycles. The Balaban J connectivity index is 1.56. The van der Waals surface area contributed by atoms with Crippen molar-refractivity contribution in [3.8, 4) is 5.69 Å². The second kappa shape index (κ2) is 9.30. The van der Waals surface area contributed by atoms with Gasteiger partial charge in [0.15, 0.2) is 0 Å². The number of rotatable bonds is 6. The van der Waals surface area contributed by atoms with Crippen molar-refractivity contribution < 1.29 is 14.3 Å². The van der Waals surface area contributed by atoms with Crippen molar-refractivity contribution in [3.05, 3.63) is 53.3 Å². The molecule has 0 fully saturated rings. The lowest BCUT2D eigenvalue weighted by Crippen LogP contribution is -2.33. The van der Waals surface area contributed by atoms with Crippen LogP contribution < -0.4 is 10.6 Å². The fourth-order valence-electron chi connectivity index (χ4n) is 2.93. The predicted octanol–water partition coefficient (Wildman–Crippen LogP) is 5.03. The first-order valence-corrected chi connectivity index (χ1v) is 10.5. The summed E-state index contributed by atoms with van der Waals surface area (Å²) in [5.41, 5.74) is 1.89. The zero-order valence-electron chi connectivity index (χ0n) is 17.2. The molecule has 30 heavy (non-hydrogen) atoms. The monoisotopic (exact) mass is 472 g/mol. The van der Waals surface area contributed by atoms with E-state index in [9.17, 15) is 9.59 Å². The van der Waals surface area contributed by atoms with Crippen molar-refractivity contribution in [1.29, 1.82) is 0 Å². The minimum Gasteiger partial charge on any atom is -0.444 e. The first-order valence-electron chi connectivity index (χ1n) is 9.72. The van der Waals surface area contributed by atoms with Crippen molar-refractivity contribution in [3.63, 3.8) is 0 Å². The number of nitrogens with one attached hydrogen (secondary N) is 2. The van der Waals surface area contributed by atoms with E-state index in [1.54, 1.807) is 27.0 Å². The molecule has 2 N–H and O–H groups in total. The van der Waals surface area contributed by atoms with Gasteiger partial charge < -0.3 is 19.9 Å². The van der Waals surface area contributed by atoms with Gasteiger partial charge in [0.05, 0.1) is 0 Å². The van der Waals surface area contributed by atoms with E-state index in [1.807, 2.05) is 47.2 Å². The number of carbonyl (C=O) groups is 2. The Hall–Kier alpha value is -2.87. The number of benzene rings is 1. The summed E-state index contributed by atoms with van der Waals surface area (Å²) in [5, 5.41) is 6.58. The van der Waals surface area contributed by atoms with Gasteiger partial charge in [-0.15, -0.1) is 0 Å². The van der Waals surface area contributed by atoms with Crippen LogP contribution in [0, 0.1) is 0 Å². The van der Waals surface area contributed by atoms with Crippen molar-refractivity contribution in [2.45, 2.75) is 39.2 Å². The Kier molecular flexibility index (Phi) is 6.77. The number of anilines is 1. The number of hydrogen-bond acceptors (Lipinski definition) is 4. The molecule has 2 aromatic heterocycles. The first kappa shape index (κ1) is 21.8. The minimum absolute atomic E-state index is 0.116. The van der Waals surface area contributed by atoms with E-state index in [-0.39, 0.29) is 5.91 Å². The number of hydrogen-bond donors (Lipinski definition) is 2. The van der Waals surface area contributed by atoms with E-state index >= 15 is 0 Å². The van der Waals surface area contributed by atoms with E-state index in [4.69, 9.17) is 4.74 Å². The predicted molar refractivity (Wildman–Crippen MR) is 121 cm³/mol. The van der Waals surface area contributed by atoms with Crippen LogP contribution in [0.15, 0.2) is 53.3 Å². The second-order valence-electron chi connectivity index (χ2n) is 7.85. The van der Waals surface area contributed by atoms with E-state index in [1.165, 1.54) is 0 Å². The van der Waals surface area contributed by atoms with Crippen molar-refractivity contribution in [2.75, 3.05) is 11.9 Å². The molecule has 0 bridgehead atoms. The number of nitrogens with zero attached hydrogens (tertiary/aromatic N) is 2. The molecule has 1 aromatic carbocycles. The number of halogens is 1. The summed E-state index contributed by atoms with van der Waals surface area (Å²) in [5.74, 6) is -0.116. The maximum absolute atomic E-state index is 12.3. The number of amides is 2. The van der Waals surface area contributed by atoms with Crippen LogP contribution in [0.5, 0.6) is 0 Å². The molecule has 2 heterocycles. The third kappa shape index (κ3) is 5.82. The zero-order valence-corrected chi connectivity index (χ0v) is 18.8. The van der Waals surface area contributed by atoms with Gasteiger partial charge in [0, 0.05) is 46.6 Å². The highest BCUT2D eigenvalue weighted by molar-refractivity contribution is 9.10. The molecule has 0 aliphatic rings. The molecule has 2 amide bonds. The maximum atomic E-state index is 12.3. The number of pyridine rings is 1. The number of alkyl carbamates (subject to hydrolysis) is 1. The Morgan fingerprint density at radius 1 is 1.20 bits per heavy atom. The van der Waals surface area contributed by atoms with Crippen molar-refractivity contribution in [2.24, 2.45) is 0 Å². The summed E-state index contributed by atoms with van der Waals surface area (Å²) < 4.78 is 8.09. The molecule has 0 atom stereocenters.